The van der Waals surface area contributed by atoms with Crippen LogP contribution in [0.3, 0.4) is 0 Å². The predicted octanol–water partition coefficient (Wildman–Crippen LogP) is 4.05. The van der Waals surface area contributed by atoms with Crippen LogP contribution in [0.15, 0.2) is 53.0 Å². The molecule has 6 nitrogen and oxygen atoms in total. The summed E-state index contributed by atoms with van der Waals surface area (Å²) in [5.74, 6) is 0.728. The van der Waals surface area contributed by atoms with Crippen LogP contribution in [0.2, 0.25) is 0 Å². The van der Waals surface area contributed by atoms with Gasteiger partial charge < -0.3 is 4.74 Å². The molecule has 2 heterocycles. The molecule has 1 aromatic carbocycles. The Morgan fingerprint density at radius 3 is 2.80 bits per heavy atom. The quantitative estimate of drug-likeness (QED) is 0.533. The summed E-state index contributed by atoms with van der Waals surface area (Å²) in [6, 6.07) is 9.64. The molecular formula is C22H23N3O3S2. The van der Waals surface area contributed by atoms with Crippen molar-refractivity contribution in [2.75, 3.05) is 13.7 Å². The van der Waals surface area contributed by atoms with Crippen LogP contribution in [0, 0.1) is 0 Å². The van der Waals surface area contributed by atoms with Crippen molar-refractivity contribution in [1.82, 2.24) is 14.7 Å². The van der Waals surface area contributed by atoms with Gasteiger partial charge in [-0.3, -0.25) is 4.98 Å². The molecule has 0 atom stereocenters. The van der Waals surface area contributed by atoms with Gasteiger partial charge in [-0.25, -0.2) is 18.1 Å². The van der Waals surface area contributed by atoms with Crippen molar-refractivity contribution in [2.45, 2.75) is 25.7 Å². The molecule has 0 saturated heterocycles. The van der Waals surface area contributed by atoms with E-state index < -0.39 is 10.0 Å². The standard InChI is InChI=1S/C22H23N3O3S2/c1-28-19-6-4-16-5-7-20(14-18(16)13-19)30(26,27)24-10-2-3-22-25-21(15-29-22)17-8-11-23-12-9-17/h4,6,8-9,11-15,24H,2-3,5,7,10H2,1H3. The van der Waals surface area contributed by atoms with Crippen molar-refractivity contribution >= 4 is 27.4 Å². The van der Waals surface area contributed by atoms with Crippen LogP contribution in [0.5, 0.6) is 5.75 Å². The summed E-state index contributed by atoms with van der Waals surface area (Å²) in [5, 5.41) is 3.02. The van der Waals surface area contributed by atoms with Crippen molar-refractivity contribution in [3.8, 4) is 17.0 Å². The Bertz CT molecular complexity index is 1160. The van der Waals surface area contributed by atoms with E-state index in [0.29, 0.717) is 30.7 Å². The second-order valence-electron chi connectivity index (χ2n) is 7.04. The maximum absolute atomic E-state index is 12.7. The van der Waals surface area contributed by atoms with Crippen LogP contribution in [0.4, 0.5) is 0 Å². The molecule has 4 rings (SSSR count). The fourth-order valence-electron chi connectivity index (χ4n) is 3.40. The molecule has 0 amide bonds. The number of hydrogen-bond donors (Lipinski definition) is 1. The van der Waals surface area contributed by atoms with Crippen LogP contribution < -0.4 is 9.46 Å². The van der Waals surface area contributed by atoms with Crippen molar-refractivity contribution in [2.24, 2.45) is 0 Å². The Morgan fingerprint density at radius 1 is 1.17 bits per heavy atom. The van der Waals surface area contributed by atoms with E-state index in [1.165, 1.54) is 0 Å². The Balaban J connectivity index is 1.34. The summed E-state index contributed by atoms with van der Waals surface area (Å²) >= 11 is 1.59. The molecular weight excluding hydrogens is 418 g/mol. The first-order valence-corrected chi connectivity index (χ1v) is 12.1. The molecule has 0 fully saturated rings. The number of methoxy groups -OCH3 is 1. The van der Waals surface area contributed by atoms with Gasteiger partial charge in [0.1, 0.15) is 5.75 Å². The highest BCUT2D eigenvalue weighted by Crippen LogP contribution is 2.29. The van der Waals surface area contributed by atoms with Gasteiger partial charge in [0.15, 0.2) is 0 Å². The minimum absolute atomic E-state index is 0.384. The highest BCUT2D eigenvalue weighted by molar-refractivity contribution is 7.93. The molecule has 1 N–H and O–H groups in total. The normalized spacial score (nSPS) is 13.6. The monoisotopic (exact) mass is 441 g/mol. The Morgan fingerprint density at radius 2 is 2.00 bits per heavy atom. The summed E-state index contributed by atoms with van der Waals surface area (Å²) < 4.78 is 33.4. The fourth-order valence-corrected chi connectivity index (χ4v) is 5.50. The lowest BCUT2D eigenvalue weighted by atomic mass is 9.97. The van der Waals surface area contributed by atoms with E-state index >= 15 is 0 Å². The molecule has 30 heavy (non-hydrogen) atoms. The van der Waals surface area contributed by atoms with E-state index in [-0.39, 0.29) is 0 Å². The van der Waals surface area contributed by atoms with Gasteiger partial charge in [0.2, 0.25) is 10.0 Å². The van der Waals surface area contributed by atoms with Crippen molar-refractivity contribution in [3.05, 3.63) is 69.1 Å². The number of rotatable bonds is 8. The Kier molecular flexibility index (Phi) is 6.26. The number of benzene rings is 1. The second kappa shape index (κ2) is 9.07. The third-order valence-corrected chi connectivity index (χ3v) is 7.55. The van der Waals surface area contributed by atoms with Crippen molar-refractivity contribution < 1.29 is 13.2 Å². The first-order valence-electron chi connectivity index (χ1n) is 9.77. The molecule has 0 unspecified atom stereocenters. The number of nitrogens with one attached hydrogen (secondary N) is 1. The van der Waals surface area contributed by atoms with Gasteiger partial charge in [0, 0.05) is 36.3 Å². The second-order valence-corrected chi connectivity index (χ2v) is 9.80. The Hall–Kier alpha value is -2.55. The molecule has 2 aromatic heterocycles. The summed E-state index contributed by atoms with van der Waals surface area (Å²) in [6.07, 6.45) is 7.90. The number of allylic oxidation sites excluding steroid dienone is 1. The van der Waals surface area contributed by atoms with Crippen LogP contribution in [-0.4, -0.2) is 32.0 Å². The van der Waals surface area contributed by atoms with Gasteiger partial charge in [-0.05, 0) is 60.7 Å². The molecule has 1 aliphatic carbocycles. The first kappa shape index (κ1) is 20.7. The zero-order valence-corrected chi connectivity index (χ0v) is 18.3. The van der Waals surface area contributed by atoms with Crippen LogP contribution in [0.1, 0.15) is 29.0 Å². The molecule has 8 heteroatoms. The summed E-state index contributed by atoms with van der Waals surface area (Å²) in [4.78, 5) is 9.08. The van der Waals surface area contributed by atoms with E-state index in [2.05, 4.69) is 14.7 Å². The number of nitrogens with zero attached hydrogens (tertiary/aromatic N) is 2. The van der Waals surface area contributed by atoms with Gasteiger partial charge >= 0.3 is 0 Å². The number of thiazole rings is 1. The lowest BCUT2D eigenvalue weighted by molar-refractivity contribution is 0.414. The highest BCUT2D eigenvalue weighted by Gasteiger charge is 2.21. The number of hydrogen-bond acceptors (Lipinski definition) is 6. The third-order valence-electron chi connectivity index (χ3n) is 5.04. The zero-order chi connectivity index (χ0) is 21.0. The van der Waals surface area contributed by atoms with E-state index in [1.807, 2.05) is 35.7 Å². The summed E-state index contributed by atoms with van der Waals surface area (Å²) in [6.45, 7) is 0.384. The zero-order valence-electron chi connectivity index (χ0n) is 16.7. The average Bonchev–Trinajstić information content (AvgIpc) is 3.25. The number of aryl methyl sites for hydroxylation is 2. The SMILES string of the molecule is COc1ccc2c(c1)C=C(S(=O)(=O)NCCCc1nc(-c3ccncc3)cs1)CC2. The van der Waals surface area contributed by atoms with Gasteiger partial charge in [-0.2, -0.15) is 0 Å². The maximum Gasteiger partial charge on any atom is 0.236 e. The van der Waals surface area contributed by atoms with Gasteiger partial charge in [0.05, 0.1) is 22.7 Å². The molecule has 0 radical (unpaired) electrons. The Labute approximate surface area is 180 Å². The van der Waals surface area contributed by atoms with E-state index in [1.54, 1.807) is 36.9 Å². The van der Waals surface area contributed by atoms with Crippen LogP contribution in [0.25, 0.3) is 17.3 Å². The van der Waals surface area contributed by atoms with Gasteiger partial charge in [-0.15, -0.1) is 11.3 Å². The van der Waals surface area contributed by atoms with Gasteiger partial charge in [-0.1, -0.05) is 6.07 Å². The lowest BCUT2D eigenvalue weighted by Gasteiger charge is -2.17. The third kappa shape index (κ3) is 4.77. The predicted molar refractivity (Wildman–Crippen MR) is 120 cm³/mol. The average molecular weight is 442 g/mol. The number of sulfonamides is 1. The number of fused-ring (bicyclic) bond motifs is 1. The number of pyridine rings is 1. The molecule has 156 valence electrons. The topological polar surface area (TPSA) is 81.2 Å². The number of aromatic nitrogens is 2. The lowest BCUT2D eigenvalue weighted by Crippen LogP contribution is -2.27. The van der Waals surface area contributed by atoms with Crippen LogP contribution in [-0.2, 0) is 22.9 Å². The first-order chi connectivity index (χ1) is 14.5. The maximum atomic E-state index is 12.7. The van der Waals surface area contributed by atoms with Crippen molar-refractivity contribution in [1.29, 1.82) is 0 Å². The van der Waals surface area contributed by atoms with E-state index in [9.17, 15) is 8.42 Å². The summed E-state index contributed by atoms with van der Waals surface area (Å²) in [7, 11) is -1.88. The fraction of sp³-hybridized carbons (Fsp3) is 0.273. The molecule has 3 aromatic rings. The van der Waals surface area contributed by atoms with E-state index in [0.717, 1.165) is 39.6 Å². The smallest absolute Gasteiger partial charge is 0.236 e. The highest BCUT2D eigenvalue weighted by atomic mass is 32.2. The van der Waals surface area contributed by atoms with Gasteiger partial charge in [0.25, 0.3) is 0 Å². The van der Waals surface area contributed by atoms with E-state index in [4.69, 9.17) is 4.74 Å². The molecule has 0 spiro atoms. The number of ether oxygens (including phenoxy) is 1. The minimum Gasteiger partial charge on any atom is -0.497 e. The minimum atomic E-state index is -3.49. The molecule has 0 bridgehead atoms. The molecule has 1 aliphatic rings. The largest absolute Gasteiger partial charge is 0.497 e. The molecule has 0 aliphatic heterocycles. The van der Waals surface area contributed by atoms with Crippen molar-refractivity contribution in [3.63, 3.8) is 0 Å². The van der Waals surface area contributed by atoms with Crippen LogP contribution >= 0.6 is 11.3 Å². The molecule has 0 saturated carbocycles. The summed E-state index contributed by atoms with van der Waals surface area (Å²) in [5.41, 5.74) is 4.02.